The second-order valence-electron chi connectivity index (χ2n) is 6.25. The Morgan fingerprint density at radius 1 is 1.04 bits per heavy atom. The van der Waals surface area contributed by atoms with Gasteiger partial charge in [-0.2, -0.15) is 0 Å². The highest BCUT2D eigenvalue weighted by Crippen LogP contribution is 2.12. The standard InChI is InChI=1S/C20H35N3O3/c1-5-22(6-2)13-14-26-20(25)17-9-11-18(12-10-17)21-19(16-24)15-23(7-3)8-4/h9-12,19,21,24H,5-8,13-16H2,1-4H3. The number of aliphatic hydroxyl groups is 1. The molecule has 0 saturated carbocycles. The lowest BCUT2D eigenvalue weighted by atomic mass is 10.2. The maximum Gasteiger partial charge on any atom is 0.338 e. The Bertz CT molecular complexity index is 500. The Morgan fingerprint density at radius 3 is 2.12 bits per heavy atom. The van der Waals surface area contributed by atoms with E-state index in [0.717, 1.165) is 45.0 Å². The SMILES string of the molecule is CCN(CC)CCOC(=O)c1ccc(NC(CO)CN(CC)CC)cc1. The fourth-order valence-corrected chi connectivity index (χ4v) is 2.77. The van der Waals surface area contributed by atoms with Crippen LogP contribution in [0.4, 0.5) is 5.69 Å². The average Bonchev–Trinajstić information content (AvgIpc) is 2.68. The summed E-state index contributed by atoms with van der Waals surface area (Å²) in [6.07, 6.45) is 0. The van der Waals surface area contributed by atoms with Crippen LogP contribution in [0.3, 0.4) is 0 Å². The smallest absolute Gasteiger partial charge is 0.338 e. The molecule has 0 aliphatic carbocycles. The third-order valence-electron chi connectivity index (χ3n) is 4.62. The van der Waals surface area contributed by atoms with Crippen molar-refractivity contribution in [2.45, 2.75) is 33.7 Å². The van der Waals surface area contributed by atoms with Crippen LogP contribution >= 0.6 is 0 Å². The number of esters is 1. The van der Waals surface area contributed by atoms with E-state index in [1.54, 1.807) is 12.1 Å². The van der Waals surface area contributed by atoms with E-state index in [-0.39, 0.29) is 18.6 Å². The summed E-state index contributed by atoms with van der Waals surface area (Å²) in [5, 5.41) is 12.9. The molecule has 0 heterocycles. The molecule has 0 fully saturated rings. The first-order valence-corrected chi connectivity index (χ1v) is 9.67. The van der Waals surface area contributed by atoms with Crippen LogP contribution in [0.2, 0.25) is 0 Å². The first-order valence-electron chi connectivity index (χ1n) is 9.67. The van der Waals surface area contributed by atoms with Gasteiger partial charge in [0.05, 0.1) is 18.2 Å². The van der Waals surface area contributed by atoms with Crippen molar-refractivity contribution in [2.75, 3.05) is 57.8 Å². The third kappa shape index (κ3) is 7.72. The number of anilines is 1. The molecule has 26 heavy (non-hydrogen) atoms. The number of nitrogens with zero attached hydrogens (tertiary/aromatic N) is 2. The van der Waals surface area contributed by atoms with Crippen LogP contribution in [0.1, 0.15) is 38.1 Å². The van der Waals surface area contributed by atoms with Crippen molar-refractivity contribution in [1.29, 1.82) is 0 Å². The van der Waals surface area contributed by atoms with E-state index in [2.05, 4.69) is 42.8 Å². The fourth-order valence-electron chi connectivity index (χ4n) is 2.77. The van der Waals surface area contributed by atoms with Gasteiger partial charge in [0.1, 0.15) is 6.61 Å². The molecule has 0 spiro atoms. The first kappa shape index (κ1) is 22.4. The van der Waals surface area contributed by atoms with Gasteiger partial charge in [0.2, 0.25) is 0 Å². The van der Waals surface area contributed by atoms with E-state index in [4.69, 9.17) is 4.74 Å². The minimum Gasteiger partial charge on any atom is -0.461 e. The van der Waals surface area contributed by atoms with Crippen LogP contribution in [-0.2, 0) is 4.74 Å². The summed E-state index contributed by atoms with van der Waals surface area (Å²) in [7, 11) is 0. The predicted octanol–water partition coefficient (Wildman–Crippen LogP) is 2.30. The summed E-state index contributed by atoms with van der Waals surface area (Å²) in [4.78, 5) is 16.6. The summed E-state index contributed by atoms with van der Waals surface area (Å²) >= 11 is 0. The van der Waals surface area contributed by atoms with Crippen molar-refractivity contribution in [2.24, 2.45) is 0 Å². The van der Waals surface area contributed by atoms with Crippen molar-refractivity contribution < 1.29 is 14.6 Å². The molecular formula is C20H35N3O3. The predicted molar refractivity (Wildman–Crippen MR) is 107 cm³/mol. The van der Waals surface area contributed by atoms with Crippen LogP contribution < -0.4 is 5.32 Å². The first-order chi connectivity index (χ1) is 12.6. The molecule has 1 aromatic rings. The molecule has 0 bridgehead atoms. The number of likely N-dealkylation sites (N-methyl/N-ethyl adjacent to an activating group) is 2. The maximum atomic E-state index is 12.1. The van der Waals surface area contributed by atoms with E-state index in [1.165, 1.54) is 0 Å². The average molecular weight is 366 g/mol. The normalized spacial score (nSPS) is 12.4. The van der Waals surface area contributed by atoms with Crippen molar-refractivity contribution in [1.82, 2.24) is 9.80 Å². The Kier molecular flexibility index (Phi) is 10.9. The van der Waals surface area contributed by atoms with Crippen LogP contribution in [-0.4, -0.2) is 79.4 Å². The Morgan fingerprint density at radius 2 is 1.62 bits per heavy atom. The number of carbonyl (C=O) groups is 1. The maximum absolute atomic E-state index is 12.1. The highest BCUT2D eigenvalue weighted by Gasteiger charge is 2.12. The molecule has 1 aromatic carbocycles. The molecule has 2 N–H and O–H groups in total. The summed E-state index contributed by atoms with van der Waals surface area (Å²) in [5.74, 6) is -0.300. The van der Waals surface area contributed by atoms with Crippen LogP contribution in [0.15, 0.2) is 24.3 Å². The van der Waals surface area contributed by atoms with E-state index >= 15 is 0 Å². The van der Waals surface area contributed by atoms with Crippen molar-refractivity contribution in [3.05, 3.63) is 29.8 Å². The largest absolute Gasteiger partial charge is 0.461 e. The highest BCUT2D eigenvalue weighted by molar-refractivity contribution is 5.89. The van der Waals surface area contributed by atoms with E-state index in [1.807, 2.05) is 12.1 Å². The molecule has 1 atom stereocenters. The number of hydrogen-bond acceptors (Lipinski definition) is 6. The molecule has 0 amide bonds. The number of nitrogens with one attached hydrogen (secondary N) is 1. The summed E-state index contributed by atoms with van der Waals surface area (Å²) in [5.41, 5.74) is 1.43. The third-order valence-corrected chi connectivity index (χ3v) is 4.62. The zero-order valence-corrected chi connectivity index (χ0v) is 16.7. The number of benzene rings is 1. The van der Waals surface area contributed by atoms with Crippen LogP contribution in [0.25, 0.3) is 0 Å². The number of ether oxygens (including phenoxy) is 1. The van der Waals surface area contributed by atoms with E-state index < -0.39 is 0 Å². The topological polar surface area (TPSA) is 65.0 Å². The second-order valence-corrected chi connectivity index (χ2v) is 6.25. The van der Waals surface area contributed by atoms with Crippen molar-refractivity contribution >= 4 is 11.7 Å². The zero-order chi connectivity index (χ0) is 19.4. The van der Waals surface area contributed by atoms with E-state index in [0.29, 0.717) is 12.2 Å². The number of carbonyl (C=O) groups excluding carboxylic acids is 1. The number of rotatable bonds is 13. The van der Waals surface area contributed by atoms with Gasteiger partial charge in [-0.3, -0.25) is 0 Å². The van der Waals surface area contributed by atoms with Gasteiger partial charge in [0, 0.05) is 18.8 Å². The molecule has 0 aromatic heterocycles. The molecule has 1 rings (SSSR count). The van der Waals surface area contributed by atoms with Crippen LogP contribution in [0.5, 0.6) is 0 Å². The van der Waals surface area contributed by atoms with Gasteiger partial charge in [0.15, 0.2) is 0 Å². The molecule has 6 heteroatoms. The quantitative estimate of drug-likeness (QED) is 0.523. The lowest BCUT2D eigenvalue weighted by molar-refractivity contribution is 0.0466. The van der Waals surface area contributed by atoms with Crippen LogP contribution in [0, 0.1) is 0 Å². The monoisotopic (exact) mass is 365 g/mol. The lowest BCUT2D eigenvalue weighted by Crippen LogP contribution is -2.38. The molecule has 0 radical (unpaired) electrons. The minimum absolute atomic E-state index is 0.0400. The molecule has 148 valence electrons. The van der Waals surface area contributed by atoms with Gasteiger partial charge in [-0.25, -0.2) is 4.79 Å². The minimum atomic E-state index is -0.300. The molecule has 6 nitrogen and oxygen atoms in total. The Labute approximate surface area is 158 Å². The zero-order valence-electron chi connectivity index (χ0n) is 16.7. The summed E-state index contributed by atoms with van der Waals surface area (Å²) in [6, 6.07) is 7.18. The Balaban J connectivity index is 2.52. The Hall–Kier alpha value is -1.63. The molecule has 1 unspecified atom stereocenters. The van der Waals surface area contributed by atoms with Crippen molar-refractivity contribution in [3.8, 4) is 0 Å². The fraction of sp³-hybridized carbons (Fsp3) is 0.650. The molecule has 0 aliphatic rings. The van der Waals surface area contributed by atoms with Gasteiger partial charge in [-0.05, 0) is 50.4 Å². The van der Waals surface area contributed by atoms with Crippen molar-refractivity contribution in [3.63, 3.8) is 0 Å². The molecule has 0 saturated heterocycles. The van der Waals surface area contributed by atoms with Gasteiger partial charge >= 0.3 is 5.97 Å². The van der Waals surface area contributed by atoms with Gasteiger partial charge < -0.3 is 25.0 Å². The number of aliphatic hydroxyl groups excluding tert-OH is 1. The van der Waals surface area contributed by atoms with Gasteiger partial charge in [-0.1, -0.05) is 27.7 Å². The summed E-state index contributed by atoms with van der Waals surface area (Å²) in [6.45, 7) is 14.2. The van der Waals surface area contributed by atoms with Gasteiger partial charge in [0.25, 0.3) is 0 Å². The lowest BCUT2D eigenvalue weighted by Gasteiger charge is -2.25. The second kappa shape index (κ2) is 12.7. The molecule has 0 aliphatic heterocycles. The molecular weight excluding hydrogens is 330 g/mol. The number of hydrogen-bond donors (Lipinski definition) is 2. The highest BCUT2D eigenvalue weighted by atomic mass is 16.5. The van der Waals surface area contributed by atoms with Gasteiger partial charge in [-0.15, -0.1) is 0 Å². The van der Waals surface area contributed by atoms with E-state index in [9.17, 15) is 9.90 Å². The summed E-state index contributed by atoms with van der Waals surface area (Å²) < 4.78 is 5.34.